The second-order valence-electron chi connectivity index (χ2n) is 6.17. The molecule has 1 aliphatic rings. The summed E-state index contributed by atoms with van der Waals surface area (Å²) >= 11 is 3.40. The van der Waals surface area contributed by atoms with Gasteiger partial charge in [-0.15, -0.1) is 0 Å². The molecule has 2 rings (SSSR count). The highest BCUT2D eigenvalue weighted by Gasteiger charge is 2.31. The number of carboxylic acid groups (broad SMARTS) is 1. The predicted octanol–water partition coefficient (Wildman–Crippen LogP) is 2.59. The van der Waals surface area contributed by atoms with E-state index in [2.05, 4.69) is 15.9 Å². The molecule has 1 fully saturated rings. The third-order valence-electron chi connectivity index (χ3n) is 4.42. The van der Waals surface area contributed by atoms with Crippen LogP contribution in [-0.4, -0.2) is 53.0 Å². The van der Waals surface area contributed by atoms with Gasteiger partial charge in [-0.05, 0) is 44.0 Å². The minimum absolute atomic E-state index is 0.0268. The van der Waals surface area contributed by atoms with Crippen LogP contribution in [0.1, 0.15) is 25.3 Å². The molecule has 1 aliphatic heterocycles. The standard InChI is InChI=1S/C17H23BrN2O3/c1-12(20-9-3-4-14(11-20)17(22)23)16(21)19(2)10-13-5-7-15(18)8-6-13/h5-8,12,14H,3-4,9-11H2,1-2H3,(H,22,23). The fourth-order valence-corrected chi connectivity index (χ4v) is 3.24. The van der Waals surface area contributed by atoms with Crippen LogP contribution in [0.15, 0.2) is 28.7 Å². The van der Waals surface area contributed by atoms with E-state index >= 15 is 0 Å². The van der Waals surface area contributed by atoms with Crippen LogP contribution in [0.5, 0.6) is 0 Å². The first kappa shape index (κ1) is 17.9. The van der Waals surface area contributed by atoms with E-state index in [4.69, 9.17) is 0 Å². The van der Waals surface area contributed by atoms with Crippen LogP contribution in [0.3, 0.4) is 0 Å². The molecule has 2 atom stereocenters. The summed E-state index contributed by atoms with van der Waals surface area (Å²) in [7, 11) is 1.79. The number of nitrogens with zero attached hydrogens (tertiary/aromatic N) is 2. The van der Waals surface area contributed by atoms with Crippen LogP contribution in [0.4, 0.5) is 0 Å². The van der Waals surface area contributed by atoms with Crippen molar-refractivity contribution in [1.29, 1.82) is 0 Å². The average molecular weight is 383 g/mol. The van der Waals surface area contributed by atoms with E-state index in [1.165, 1.54) is 0 Å². The van der Waals surface area contributed by atoms with Crippen molar-refractivity contribution in [3.8, 4) is 0 Å². The largest absolute Gasteiger partial charge is 0.481 e. The number of hydrogen-bond donors (Lipinski definition) is 1. The highest BCUT2D eigenvalue weighted by molar-refractivity contribution is 9.10. The normalized spacial score (nSPS) is 20.0. The van der Waals surface area contributed by atoms with Gasteiger partial charge in [-0.25, -0.2) is 0 Å². The van der Waals surface area contributed by atoms with Crippen molar-refractivity contribution in [3.05, 3.63) is 34.3 Å². The summed E-state index contributed by atoms with van der Waals surface area (Å²) in [6.45, 7) is 3.65. The fraction of sp³-hybridized carbons (Fsp3) is 0.529. The number of carbonyl (C=O) groups is 2. The van der Waals surface area contributed by atoms with E-state index < -0.39 is 5.97 Å². The van der Waals surface area contributed by atoms with Gasteiger partial charge in [-0.3, -0.25) is 14.5 Å². The van der Waals surface area contributed by atoms with Gasteiger partial charge in [-0.1, -0.05) is 28.1 Å². The van der Waals surface area contributed by atoms with Gasteiger partial charge in [0.1, 0.15) is 0 Å². The van der Waals surface area contributed by atoms with Gasteiger partial charge in [0.05, 0.1) is 12.0 Å². The molecule has 0 saturated carbocycles. The molecule has 0 bridgehead atoms. The second-order valence-corrected chi connectivity index (χ2v) is 7.08. The molecule has 0 aliphatic carbocycles. The smallest absolute Gasteiger partial charge is 0.307 e. The number of likely N-dealkylation sites (N-methyl/N-ethyl adjacent to an activating group) is 1. The first-order chi connectivity index (χ1) is 10.9. The molecule has 1 saturated heterocycles. The Labute approximate surface area is 145 Å². The Bertz CT molecular complexity index is 561. The van der Waals surface area contributed by atoms with E-state index in [1.54, 1.807) is 11.9 Å². The van der Waals surface area contributed by atoms with Gasteiger partial charge in [-0.2, -0.15) is 0 Å². The summed E-state index contributed by atoms with van der Waals surface area (Å²) in [4.78, 5) is 27.5. The third-order valence-corrected chi connectivity index (χ3v) is 4.95. The van der Waals surface area contributed by atoms with Crippen molar-refractivity contribution in [2.75, 3.05) is 20.1 Å². The second kappa shape index (κ2) is 7.93. The predicted molar refractivity (Wildman–Crippen MR) is 92.0 cm³/mol. The number of halogens is 1. The molecule has 1 heterocycles. The lowest BCUT2D eigenvalue weighted by atomic mass is 9.97. The molecule has 0 radical (unpaired) electrons. The maximum absolute atomic E-state index is 12.6. The molecule has 23 heavy (non-hydrogen) atoms. The van der Waals surface area contributed by atoms with Crippen LogP contribution in [0.25, 0.3) is 0 Å². The summed E-state index contributed by atoms with van der Waals surface area (Å²) in [6.07, 6.45) is 1.52. The fourth-order valence-electron chi connectivity index (χ4n) is 2.98. The first-order valence-electron chi connectivity index (χ1n) is 7.84. The molecular weight excluding hydrogens is 360 g/mol. The molecule has 0 spiro atoms. The number of piperidine rings is 1. The minimum atomic E-state index is -0.766. The molecule has 1 aromatic carbocycles. The van der Waals surface area contributed by atoms with Crippen LogP contribution in [0.2, 0.25) is 0 Å². The van der Waals surface area contributed by atoms with Gasteiger partial charge >= 0.3 is 5.97 Å². The van der Waals surface area contributed by atoms with Crippen LogP contribution in [-0.2, 0) is 16.1 Å². The summed E-state index contributed by atoms with van der Waals surface area (Å²) in [6, 6.07) is 7.59. The lowest BCUT2D eigenvalue weighted by Crippen LogP contribution is -2.50. The number of carboxylic acids is 1. The van der Waals surface area contributed by atoms with Crippen molar-refractivity contribution in [1.82, 2.24) is 9.80 Å². The molecule has 1 N–H and O–H groups in total. The Morgan fingerprint density at radius 2 is 2.04 bits per heavy atom. The first-order valence-corrected chi connectivity index (χ1v) is 8.64. The maximum Gasteiger partial charge on any atom is 0.307 e. The van der Waals surface area contributed by atoms with Crippen LogP contribution in [0, 0.1) is 5.92 Å². The Morgan fingerprint density at radius 3 is 2.65 bits per heavy atom. The van der Waals surface area contributed by atoms with Gasteiger partial charge in [0.15, 0.2) is 0 Å². The van der Waals surface area contributed by atoms with E-state index in [0.29, 0.717) is 19.5 Å². The Morgan fingerprint density at radius 1 is 1.39 bits per heavy atom. The summed E-state index contributed by atoms with van der Waals surface area (Å²) in [5.74, 6) is -1.10. The number of benzene rings is 1. The van der Waals surface area contributed by atoms with Crippen molar-refractivity contribution >= 4 is 27.8 Å². The number of amides is 1. The number of carbonyl (C=O) groups excluding carboxylic acids is 1. The van der Waals surface area contributed by atoms with Gasteiger partial charge in [0, 0.05) is 24.6 Å². The Kier molecular flexibility index (Phi) is 6.18. The number of likely N-dealkylation sites (tertiary alicyclic amines) is 1. The number of hydrogen-bond acceptors (Lipinski definition) is 3. The van der Waals surface area contributed by atoms with Crippen LogP contribution < -0.4 is 0 Å². The molecule has 1 amide bonds. The third kappa shape index (κ3) is 4.78. The Balaban J connectivity index is 1.95. The summed E-state index contributed by atoms with van der Waals surface area (Å²) < 4.78 is 1.01. The zero-order valence-corrected chi connectivity index (χ0v) is 15.1. The molecule has 1 aromatic rings. The lowest BCUT2D eigenvalue weighted by molar-refractivity contribution is -0.146. The summed E-state index contributed by atoms with van der Waals surface area (Å²) in [5, 5.41) is 9.18. The molecule has 5 nitrogen and oxygen atoms in total. The van der Waals surface area contributed by atoms with Gasteiger partial charge in [0.25, 0.3) is 0 Å². The Hall–Kier alpha value is -1.40. The average Bonchev–Trinajstić information content (AvgIpc) is 2.55. The van der Waals surface area contributed by atoms with Crippen molar-refractivity contribution in [2.24, 2.45) is 5.92 Å². The van der Waals surface area contributed by atoms with Crippen molar-refractivity contribution in [2.45, 2.75) is 32.4 Å². The summed E-state index contributed by atoms with van der Waals surface area (Å²) in [5.41, 5.74) is 1.07. The molecule has 2 unspecified atom stereocenters. The molecule has 0 aromatic heterocycles. The maximum atomic E-state index is 12.6. The highest BCUT2D eigenvalue weighted by Crippen LogP contribution is 2.20. The lowest BCUT2D eigenvalue weighted by Gasteiger charge is -2.36. The highest BCUT2D eigenvalue weighted by atomic mass is 79.9. The molecular formula is C17H23BrN2O3. The van der Waals surface area contributed by atoms with E-state index in [0.717, 1.165) is 23.0 Å². The van der Waals surface area contributed by atoms with Crippen molar-refractivity contribution in [3.63, 3.8) is 0 Å². The zero-order valence-electron chi connectivity index (χ0n) is 13.5. The zero-order chi connectivity index (χ0) is 17.0. The van der Waals surface area contributed by atoms with E-state index in [-0.39, 0.29) is 17.9 Å². The van der Waals surface area contributed by atoms with Gasteiger partial charge < -0.3 is 10.0 Å². The van der Waals surface area contributed by atoms with Crippen LogP contribution >= 0.6 is 15.9 Å². The monoisotopic (exact) mass is 382 g/mol. The number of rotatable bonds is 5. The van der Waals surface area contributed by atoms with Crippen molar-refractivity contribution < 1.29 is 14.7 Å². The number of aliphatic carboxylic acids is 1. The van der Waals surface area contributed by atoms with E-state index in [1.807, 2.05) is 36.1 Å². The topological polar surface area (TPSA) is 60.9 Å². The molecule has 6 heteroatoms. The SMILES string of the molecule is CC(C(=O)N(C)Cc1ccc(Br)cc1)N1CCCC(C(=O)O)C1. The van der Waals surface area contributed by atoms with E-state index in [9.17, 15) is 14.7 Å². The quantitative estimate of drug-likeness (QED) is 0.849. The van der Waals surface area contributed by atoms with Gasteiger partial charge in [0.2, 0.25) is 5.91 Å². The minimum Gasteiger partial charge on any atom is -0.481 e. The molecule has 126 valence electrons.